The van der Waals surface area contributed by atoms with Crippen molar-refractivity contribution < 1.29 is 4.79 Å². The summed E-state index contributed by atoms with van der Waals surface area (Å²) in [6.07, 6.45) is 3.24. The molecule has 0 bridgehead atoms. The molecule has 0 saturated heterocycles. The van der Waals surface area contributed by atoms with Crippen LogP contribution in [-0.4, -0.2) is 28.4 Å². The van der Waals surface area contributed by atoms with E-state index < -0.39 is 0 Å². The van der Waals surface area contributed by atoms with Gasteiger partial charge in [-0.15, -0.1) is 10.2 Å². The minimum atomic E-state index is 0.0527. The molecule has 23 heavy (non-hydrogen) atoms. The first-order valence-corrected chi connectivity index (χ1v) is 9.64. The summed E-state index contributed by atoms with van der Waals surface area (Å²) >= 11 is 2.92. The molecule has 0 fully saturated rings. The maximum Gasteiger partial charge on any atom is 0.230 e. The Hall–Kier alpha value is -1.60. The normalized spacial score (nSPS) is 16.7. The number of fused-ring (bicyclic) bond motifs is 1. The summed E-state index contributed by atoms with van der Waals surface area (Å²) < 4.78 is 0.820. The van der Waals surface area contributed by atoms with Gasteiger partial charge in [0.25, 0.3) is 0 Å². The highest BCUT2D eigenvalue weighted by atomic mass is 32.2. The summed E-state index contributed by atoms with van der Waals surface area (Å²) in [5.41, 5.74) is 2.62. The van der Waals surface area contributed by atoms with E-state index in [9.17, 15) is 4.79 Å². The van der Waals surface area contributed by atoms with Gasteiger partial charge in [-0.25, -0.2) is 0 Å². The van der Waals surface area contributed by atoms with E-state index in [1.807, 2.05) is 13.0 Å². The predicted molar refractivity (Wildman–Crippen MR) is 95.1 cm³/mol. The number of rotatable bonds is 6. The molecule has 1 amide bonds. The Balaban J connectivity index is 1.53. The number of thioether (sulfide) groups is 1. The molecule has 1 atom stereocenters. The first-order chi connectivity index (χ1) is 11.3. The van der Waals surface area contributed by atoms with Gasteiger partial charge in [-0.05, 0) is 37.3 Å². The van der Waals surface area contributed by atoms with Crippen LogP contribution in [0.1, 0.15) is 36.9 Å². The zero-order valence-corrected chi connectivity index (χ0v) is 14.7. The summed E-state index contributed by atoms with van der Waals surface area (Å²) in [6.45, 7) is 2.84. The van der Waals surface area contributed by atoms with Crippen LogP contribution in [0, 0.1) is 0 Å². The summed E-state index contributed by atoms with van der Waals surface area (Å²) in [7, 11) is 0. The minimum Gasteiger partial charge on any atom is -0.360 e. The van der Waals surface area contributed by atoms with Gasteiger partial charge in [0.05, 0.1) is 11.8 Å². The molecule has 0 saturated carbocycles. The number of nitrogens with one attached hydrogen (secondary N) is 2. The first kappa shape index (κ1) is 16.3. The molecular formula is C16H20N4OS2. The summed E-state index contributed by atoms with van der Waals surface area (Å²) in [6, 6.07) is 8.53. The second-order valence-corrected chi connectivity index (χ2v) is 7.60. The Labute approximate surface area is 144 Å². The molecule has 2 N–H and O–H groups in total. The summed E-state index contributed by atoms with van der Waals surface area (Å²) in [5, 5.41) is 15.2. The molecule has 7 heteroatoms. The molecule has 122 valence electrons. The van der Waals surface area contributed by atoms with E-state index >= 15 is 0 Å². The van der Waals surface area contributed by atoms with Crippen molar-refractivity contribution in [3.05, 3.63) is 35.4 Å². The van der Waals surface area contributed by atoms with Gasteiger partial charge in [0, 0.05) is 6.54 Å². The molecule has 5 nitrogen and oxygen atoms in total. The molecular weight excluding hydrogens is 328 g/mol. The van der Waals surface area contributed by atoms with Crippen LogP contribution in [0.15, 0.2) is 28.6 Å². The molecule has 3 rings (SSSR count). The first-order valence-electron chi connectivity index (χ1n) is 7.83. The van der Waals surface area contributed by atoms with Crippen molar-refractivity contribution in [2.24, 2.45) is 0 Å². The predicted octanol–water partition coefficient (Wildman–Crippen LogP) is 3.26. The fraction of sp³-hybridized carbons (Fsp3) is 0.438. The number of carbonyl (C=O) groups is 1. The van der Waals surface area contributed by atoms with Gasteiger partial charge in [0.2, 0.25) is 11.0 Å². The maximum atomic E-state index is 12.2. The van der Waals surface area contributed by atoms with Crippen LogP contribution in [0.4, 0.5) is 5.13 Å². The van der Waals surface area contributed by atoms with Crippen LogP contribution in [0.2, 0.25) is 0 Å². The average Bonchev–Trinajstić information content (AvgIpc) is 3.01. The van der Waals surface area contributed by atoms with E-state index in [0.717, 1.165) is 35.3 Å². The lowest BCUT2D eigenvalue weighted by atomic mass is 9.88. The number of anilines is 1. The fourth-order valence-electron chi connectivity index (χ4n) is 2.76. The van der Waals surface area contributed by atoms with Crippen LogP contribution in [0.5, 0.6) is 0 Å². The minimum absolute atomic E-state index is 0.0527. The lowest BCUT2D eigenvalue weighted by molar-refractivity contribution is -0.119. The van der Waals surface area contributed by atoms with Crippen molar-refractivity contribution in [2.45, 2.75) is 36.6 Å². The lowest BCUT2D eigenvalue weighted by Gasteiger charge is -2.26. The summed E-state index contributed by atoms with van der Waals surface area (Å²) in [5.74, 6) is 0.427. The van der Waals surface area contributed by atoms with E-state index in [-0.39, 0.29) is 11.9 Å². The topological polar surface area (TPSA) is 66.9 Å². The molecule has 0 aliphatic heterocycles. The molecule has 0 unspecified atom stereocenters. The standard InChI is InChI=1S/C16H20N4OS2/c1-2-17-15-19-20-16(23-15)22-10-14(21)18-13-9-5-7-11-6-3-4-8-12(11)13/h3-4,6,8,13H,2,5,7,9-10H2,1H3,(H,17,19)(H,18,21)/t13-/m1/s1. The zero-order chi connectivity index (χ0) is 16.1. The number of hydrogen-bond donors (Lipinski definition) is 2. The van der Waals surface area contributed by atoms with E-state index in [0.29, 0.717) is 5.75 Å². The van der Waals surface area contributed by atoms with E-state index in [2.05, 4.69) is 39.0 Å². The molecule has 0 radical (unpaired) electrons. The van der Waals surface area contributed by atoms with Gasteiger partial charge < -0.3 is 10.6 Å². The van der Waals surface area contributed by atoms with Crippen LogP contribution in [0.3, 0.4) is 0 Å². The van der Waals surface area contributed by atoms with Gasteiger partial charge in [0.1, 0.15) is 0 Å². The lowest BCUT2D eigenvalue weighted by Crippen LogP contribution is -2.32. The van der Waals surface area contributed by atoms with Crippen molar-refractivity contribution >= 4 is 34.1 Å². The number of aromatic nitrogens is 2. The van der Waals surface area contributed by atoms with Gasteiger partial charge in [-0.2, -0.15) is 0 Å². The SMILES string of the molecule is CCNc1nnc(SCC(=O)N[C@@H]2CCCc3ccccc32)s1. The van der Waals surface area contributed by atoms with Gasteiger partial charge >= 0.3 is 0 Å². The smallest absolute Gasteiger partial charge is 0.230 e. The third-order valence-electron chi connectivity index (χ3n) is 3.77. The van der Waals surface area contributed by atoms with Crippen molar-refractivity contribution in [3.63, 3.8) is 0 Å². The van der Waals surface area contributed by atoms with Crippen molar-refractivity contribution in [1.82, 2.24) is 15.5 Å². The molecule has 1 heterocycles. The number of aryl methyl sites for hydroxylation is 1. The van der Waals surface area contributed by atoms with Gasteiger partial charge in [-0.3, -0.25) is 4.79 Å². The average molecular weight is 348 g/mol. The van der Waals surface area contributed by atoms with Crippen LogP contribution < -0.4 is 10.6 Å². The van der Waals surface area contributed by atoms with Gasteiger partial charge in [-0.1, -0.05) is 47.4 Å². The maximum absolute atomic E-state index is 12.2. The zero-order valence-electron chi connectivity index (χ0n) is 13.0. The number of carbonyl (C=O) groups excluding carboxylic acids is 1. The summed E-state index contributed by atoms with van der Waals surface area (Å²) in [4.78, 5) is 12.2. The highest BCUT2D eigenvalue weighted by Gasteiger charge is 2.21. The largest absolute Gasteiger partial charge is 0.360 e. The van der Waals surface area contributed by atoms with Crippen LogP contribution >= 0.6 is 23.1 Å². The molecule has 2 aromatic rings. The van der Waals surface area contributed by atoms with Crippen LogP contribution in [0.25, 0.3) is 0 Å². The number of benzene rings is 1. The molecule has 1 aliphatic carbocycles. The van der Waals surface area contributed by atoms with E-state index in [1.165, 1.54) is 34.2 Å². The molecule has 1 aliphatic rings. The van der Waals surface area contributed by atoms with Gasteiger partial charge in [0.15, 0.2) is 4.34 Å². The van der Waals surface area contributed by atoms with E-state index in [1.54, 1.807) is 0 Å². The monoisotopic (exact) mass is 348 g/mol. The molecule has 0 spiro atoms. The van der Waals surface area contributed by atoms with Crippen molar-refractivity contribution in [3.8, 4) is 0 Å². The second kappa shape index (κ2) is 7.79. The van der Waals surface area contributed by atoms with Crippen LogP contribution in [-0.2, 0) is 11.2 Å². The number of hydrogen-bond acceptors (Lipinski definition) is 6. The third kappa shape index (κ3) is 4.23. The van der Waals surface area contributed by atoms with Crippen molar-refractivity contribution in [2.75, 3.05) is 17.6 Å². The Morgan fingerprint density at radius 3 is 3.13 bits per heavy atom. The highest BCUT2D eigenvalue weighted by molar-refractivity contribution is 8.01. The molecule has 1 aromatic heterocycles. The highest BCUT2D eigenvalue weighted by Crippen LogP contribution is 2.30. The quantitative estimate of drug-likeness (QED) is 0.785. The second-order valence-electron chi connectivity index (χ2n) is 5.40. The Kier molecular flexibility index (Phi) is 5.51. The number of nitrogens with zero attached hydrogens (tertiary/aromatic N) is 2. The number of amides is 1. The third-order valence-corrected chi connectivity index (χ3v) is 5.78. The molecule has 1 aromatic carbocycles. The Morgan fingerprint density at radius 2 is 2.26 bits per heavy atom. The Morgan fingerprint density at radius 1 is 1.39 bits per heavy atom. The Bertz CT molecular complexity index is 674. The van der Waals surface area contributed by atoms with Crippen molar-refractivity contribution in [1.29, 1.82) is 0 Å². The van der Waals surface area contributed by atoms with E-state index in [4.69, 9.17) is 0 Å². The fourth-order valence-corrected chi connectivity index (χ4v) is 4.39.